The van der Waals surface area contributed by atoms with Gasteiger partial charge in [0, 0.05) is 5.02 Å². The van der Waals surface area contributed by atoms with Crippen LogP contribution in [-0.2, 0) is 16.0 Å². The number of hydrogen-bond acceptors (Lipinski definition) is 3. The molecular weight excluding hydrogens is 470 g/mol. The van der Waals surface area contributed by atoms with E-state index in [0.717, 1.165) is 4.47 Å². The zero-order valence-corrected chi connectivity index (χ0v) is 18.0. The van der Waals surface area contributed by atoms with Gasteiger partial charge in [0.05, 0.1) is 10.9 Å². The number of carboxylic acid groups (broad SMARTS) is 1. The first kappa shape index (κ1) is 21.6. The number of carboxylic acids is 1. The van der Waals surface area contributed by atoms with Crippen molar-refractivity contribution < 1.29 is 19.4 Å². The average molecular weight is 487 g/mol. The van der Waals surface area contributed by atoms with Crippen LogP contribution in [0, 0.1) is 0 Å². The molecule has 3 rings (SSSR count). The Morgan fingerprint density at radius 2 is 1.77 bits per heavy atom. The third-order valence-corrected chi connectivity index (χ3v) is 4.90. The standard InChI is InChI=1S/C23H17BrClNO4/c24-19-6-1-2-7-21(19)30-18-10-8-15(9-11-18)13-20(23(28)29)26-22(27)14-16-4-3-5-17(25)12-16/h1-13H,14H2,(H,26,27)(H,28,29). The van der Waals surface area contributed by atoms with Crippen LogP contribution in [0.4, 0.5) is 0 Å². The first-order valence-electron chi connectivity index (χ1n) is 8.92. The molecule has 0 atom stereocenters. The maximum atomic E-state index is 12.2. The number of aliphatic carboxylic acids is 1. The van der Waals surface area contributed by atoms with E-state index >= 15 is 0 Å². The molecule has 0 aliphatic heterocycles. The van der Waals surface area contributed by atoms with Gasteiger partial charge < -0.3 is 15.2 Å². The largest absolute Gasteiger partial charge is 0.477 e. The lowest BCUT2D eigenvalue weighted by atomic mass is 10.1. The molecule has 2 N–H and O–H groups in total. The lowest BCUT2D eigenvalue weighted by molar-refractivity contribution is -0.134. The van der Waals surface area contributed by atoms with Crippen LogP contribution in [-0.4, -0.2) is 17.0 Å². The summed E-state index contributed by atoms with van der Waals surface area (Å²) in [6, 6.07) is 21.2. The Hall–Kier alpha value is -3.09. The van der Waals surface area contributed by atoms with Crippen molar-refractivity contribution in [2.24, 2.45) is 0 Å². The van der Waals surface area contributed by atoms with Crippen molar-refractivity contribution >= 4 is 45.5 Å². The van der Waals surface area contributed by atoms with E-state index in [0.29, 0.717) is 27.6 Å². The fourth-order valence-electron chi connectivity index (χ4n) is 2.63. The third kappa shape index (κ3) is 6.20. The molecule has 0 bridgehead atoms. The van der Waals surface area contributed by atoms with Crippen LogP contribution < -0.4 is 10.1 Å². The summed E-state index contributed by atoms with van der Waals surface area (Å²) in [6.07, 6.45) is 1.41. The van der Waals surface area contributed by atoms with E-state index in [1.165, 1.54) is 6.08 Å². The molecule has 0 aliphatic rings. The summed E-state index contributed by atoms with van der Waals surface area (Å²) in [4.78, 5) is 23.8. The number of amides is 1. The summed E-state index contributed by atoms with van der Waals surface area (Å²) in [7, 11) is 0. The minimum absolute atomic E-state index is 0.0178. The second-order valence-corrected chi connectivity index (χ2v) is 7.61. The van der Waals surface area contributed by atoms with Crippen molar-refractivity contribution in [2.45, 2.75) is 6.42 Å². The van der Waals surface area contributed by atoms with Gasteiger partial charge in [-0.25, -0.2) is 4.79 Å². The van der Waals surface area contributed by atoms with Crippen LogP contribution in [0.5, 0.6) is 11.5 Å². The second kappa shape index (κ2) is 10.1. The summed E-state index contributed by atoms with van der Waals surface area (Å²) in [5.41, 5.74) is 1.08. The Kier molecular flexibility index (Phi) is 7.27. The molecule has 0 aliphatic carbocycles. The summed E-state index contributed by atoms with van der Waals surface area (Å²) in [5.74, 6) is -0.413. The van der Waals surface area contributed by atoms with Crippen molar-refractivity contribution in [3.8, 4) is 11.5 Å². The number of nitrogens with one attached hydrogen (secondary N) is 1. The number of rotatable bonds is 7. The molecule has 0 saturated heterocycles. The molecule has 0 unspecified atom stereocenters. The van der Waals surface area contributed by atoms with Crippen LogP contribution in [0.3, 0.4) is 0 Å². The van der Waals surface area contributed by atoms with Gasteiger partial charge >= 0.3 is 5.97 Å². The molecule has 3 aromatic rings. The van der Waals surface area contributed by atoms with E-state index in [4.69, 9.17) is 16.3 Å². The Morgan fingerprint density at radius 3 is 2.43 bits per heavy atom. The third-order valence-electron chi connectivity index (χ3n) is 4.01. The highest BCUT2D eigenvalue weighted by atomic mass is 79.9. The number of carbonyl (C=O) groups excluding carboxylic acids is 1. The van der Waals surface area contributed by atoms with Gasteiger partial charge in [-0.05, 0) is 69.5 Å². The first-order valence-corrected chi connectivity index (χ1v) is 10.1. The molecule has 7 heteroatoms. The predicted octanol–water partition coefficient (Wildman–Crippen LogP) is 5.68. The zero-order chi connectivity index (χ0) is 21.5. The van der Waals surface area contributed by atoms with Gasteiger partial charge in [0.1, 0.15) is 17.2 Å². The fourth-order valence-corrected chi connectivity index (χ4v) is 3.21. The van der Waals surface area contributed by atoms with Crippen molar-refractivity contribution in [1.29, 1.82) is 0 Å². The quantitative estimate of drug-likeness (QED) is 0.421. The highest BCUT2D eigenvalue weighted by Gasteiger charge is 2.13. The van der Waals surface area contributed by atoms with E-state index in [1.807, 2.05) is 24.3 Å². The van der Waals surface area contributed by atoms with E-state index in [9.17, 15) is 14.7 Å². The minimum Gasteiger partial charge on any atom is -0.477 e. The Bertz CT molecular complexity index is 1100. The summed E-state index contributed by atoms with van der Waals surface area (Å²) in [5, 5.41) is 12.4. The number of halogens is 2. The molecular formula is C23H17BrClNO4. The molecule has 0 aromatic heterocycles. The van der Waals surface area contributed by atoms with Gasteiger partial charge in [0.15, 0.2) is 0 Å². The lowest BCUT2D eigenvalue weighted by Crippen LogP contribution is -2.28. The van der Waals surface area contributed by atoms with Crippen LogP contribution in [0.25, 0.3) is 6.08 Å². The van der Waals surface area contributed by atoms with Crippen LogP contribution in [0.1, 0.15) is 11.1 Å². The lowest BCUT2D eigenvalue weighted by Gasteiger charge is -2.09. The Balaban J connectivity index is 1.69. The fraction of sp³-hybridized carbons (Fsp3) is 0.0435. The molecule has 0 saturated carbocycles. The van der Waals surface area contributed by atoms with Gasteiger partial charge in [0.25, 0.3) is 0 Å². The predicted molar refractivity (Wildman–Crippen MR) is 120 cm³/mol. The molecule has 1 amide bonds. The number of hydrogen-bond donors (Lipinski definition) is 2. The molecule has 0 heterocycles. The van der Waals surface area contributed by atoms with Crippen LogP contribution in [0.2, 0.25) is 5.02 Å². The van der Waals surface area contributed by atoms with Crippen molar-refractivity contribution in [1.82, 2.24) is 5.32 Å². The monoisotopic (exact) mass is 485 g/mol. The second-order valence-electron chi connectivity index (χ2n) is 6.32. The van der Waals surface area contributed by atoms with Gasteiger partial charge in [-0.2, -0.15) is 0 Å². The zero-order valence-electron chi connectivity index (χ0n) is 15.6. The maximum Gasteiger partial charge on any atom is 0.352 e. The highest BCUT2D eigenvalue weighted by molar-refractivity contribution is 9.10. The van der Waals surface area contributed by atoms with Gasteiger partial charge in [-0.3, -0.25) is 4.79 Å². The van der Waals surface area contributed by atoms with E-state index in [1.54, 1.807) is 48.5 Å². The molecule has 152 valence electrons. The molecule has 0 radical (unpaired) electrons. The summed E-state index contributed by atoms with van der Waals surface area (Å²) in [6.45, 7) is 0. The van der Waals surface area contributed by atoms with E-state index < -0.39 is 11.9 Å². The Labute approximate surface area is 187 Å². The number of carbonyl (C=O) groups is 2. The van der Waals surface area contributed by atoms with Crippen molar-refractivity contribution in [3.63, 3.8) is 0 Å². The maximum absolute atomic E-state index is 12.2. The van der Waals surface area contributed by atoms with E-state index in [2.05, 4.69) is 21.2 Å². The van der Waals surface area contributed by atoms with Gasteiger partial charge in [-0.15, -0.1) is 0 Å². The Morgan fingerprint density at radius 1 is 1.03 bits per heavy atom. The first-order chi connectivity index (χ1) is 14.4. The molecule has 5 nitrogen and oxygen atoms in total. The number of ether oxygens (including phenoxy) is 1. The van der Waals surface area contributed by atoms with Crippen LogP contribution in [0.15, 0.2) is 83.0 Å². The number of benzene rings is 3. The molecule has 0 spiro atoms. The van der Waals surface area contributed by atoms with Gasteiger partial charge in [-0.1, -0.05) is 48.0 Å². The van der Waals surface area contributed by atoms with Gasteiger partial charge in [0.2, 0.25) is 5.91 Å². The smallest absolute Gasteiger partial charge is 0.352 e. The summed E-state index contributed by atoms with van der Waals surface area (Å²) < 4.78 is 6.62. The van der Waals surface area contributed by atoms with Crippen LogP contribution >= 0.6 is 27.5 Å². The molecule has 3 aromatic carbocycles. The topological polar surface area (TPSA) is 75.6 Å². The van der Waals surface area contributed by atoms with Crippen molar-refractivity contribution in [2.75, 3.05) is 0 Å². The number of para-hydroxylation sites is 1. The highest BCUT2D eigenvalue weighted by Crippen LogP contribution is 2.29. The molecule has 30 heavy (non-hydrogen) atoms. The molecule has 0 fully saturated rings. The average Bonchev–Trinajstić information content (AvgIpc) is 2.70. The normalized spacial score (nSPS) is 11.1. The minimum atomic E-state index is -1.23. The SMILES string of the molecule is O=C(Cc1cccc(Cl)c1)NC(=Cc1ccc(Oc2ccccc2Br)cc1)C(=O)O. The van der Waals surface area contributed by atoms with Crippen molar-refractivity contribution in [3.05, 3.63) is 99.1 Å². The van der Waals surface area contributed by atoms with E-state index in [-0.39, 0.29) is 12.1 Å². The summed E-state index contributed by atoms with van der Waals surface area (Å²) >= 11 is 9.33.